The van der Waals surface area contributed by atoms with Gasteiger partial charge in [0.05, 0.1) is 12.6 Å². The molecular formula is C31H32F3N3O5. The maximum Gasteiger partial charge on any atom is 0.267 e. The molecule has 222 valence electrons. The van der Waals surface area contributed by atoms with Crippen molar-refractivity contribution in [1.82, 2.24) is 15.5 Å². The maximum absolute atomic E-state index is 14.6. The number of benzene rings is 3. The number of phenols is 1. The van der Waals surface area contributed by atoms with Crippen LogP contribution in [0, 0.1) is 19.7 Å². The van der Waals surface area contributed by atoms with Gasteiger partial charge in [0, 0.05) is 24.1 Å². The number of halogens is 3. The Labute approximate surface area is 241 Å². The first-order valence-corrected chi connectivity index (χ1v) is 13.4. The summed E-state index contributed by atoms with van der Waals surface area (Å²) >= 11 is 0. The lowest BCUT2D eigenvalue weighted by molar-refractivity contribution is -0.147. The molecule has 8 nitrogen and oxygen atoms in total. The van der Waals surface area contributed by atoms with Gasteiger partial charge in [0.2, 0.25) is 5.91 Å². The summed E-state index contributed by atoms with van der Waals surface area (Å²) in [5.41, 5.74) is 2.15. The predicted molar refractivity (Wildman–Crippen MR) is 148 cm³/mol. The normalized spacial score (nSPS) is 17.4. The van der Waals surface area contributed by atoms with Gasteiger partial charge in [-0.1, -0.05) is 42.5 Å². The number of phenolic OH excluding ortho intramolecular Hbond substituents is 1. The zero-order valence-electron chi connectivity index (χ0n) is 23.1. The van der Waals surface area contributed by atoms with Crippen LogP contribution in [-0.4, -0.2) is 63.5 Å². The molecule has 3 amide bonds. The number of aliphatic hydroxyl groups excluding tert-OH is 1. The van der Waals surface area contributed by atoms with E-state index in [-0.39, 0.29) is 29.8 Å². The number of alkyl halides is 2. The predicted octanol–water partition coefficient (Wildman–Crippen LogP) is 3.40. The lowest BCUT2D eigenvalue weighted by Crippen LogP contribution is -2.56. The molecule has 3 atom stereocenters. The number of carbonyl (C=O) groups excluding carboxylic acids is 3. The van der Waals surface area contributed by atoms with Crippen LogP contribution in [0.5, 0.6) is 5.75 Å². The molecule has 3 aromatic carbocycles. The first-order valence-electron chi connectivity index (χ1n) is 13.4. The fraction of sp³-hybridized carbons (Fsp3) is 0.323. The summed E-state index contributed by atoms with van der Waals surface area (Å²) in [6.07, 6.45) is -2.98. The molecule has 4 N–H and O–H groups in total. The van der Waals surface area contributed by atoms with Crippen molar-refractivity contribution in [3.63, 3.8) is 0 Å². The number of nitrogens with zero attached hydrogens (tertiary/aromatic N) is 1. The van der Waals surface area contributed by atoms with Gasteiger partial charge in [-0.2, -0.15) is 0 Å². The minimum Gasteiger partial charge on any atom is -0.508 e. The Balaban J connectivity index is 1.56. The quantitative estimate of drug-likeness (QED) is 0.308. The van der Waals surface area contributed by atoms with Crippen molar-refractivity contribution in [3.8, 4) is 5.75 Å². The first-order chi connectivity index (χ1) is 19.9. The number of carbonyl (C=O) groups is 3. The fourth-order valence-corrected chi connectivity index (χ4v) is 4.98. The van der Waals surface area contributed by atoms with Crippen LogP contribution in [0.4, 0.5) is 13.2 Å². The van der Waals surface area contributed by atoms with E-state index in [1.165, 1.54) is 43.3 Å². The van der Waals surface area contributed by atoms with Crippen LogP contribution in [0.1, 0.15) is 39.0 Å². The maximum atomic E-state index is 14.6. The van der Waals surface area contributed by atoms with Crippen molar-refractivity contribution < 1.29 is 37.8 Å². The monoisotopic (exact) mass is 583 g/mol. The number of nitrogens with one attached hydrogen (secondary N) is 2. The van der Waals surface area contributed by atoms with E-state index < -0.39 is 60.6 Å². The molecule has 1 aliphatic heterocycles. The van der Waals surface area contributed by atoms with Gasteiger partial charge in [-0.3, -0.25) is 14.4 Å². The number of aliphatic hydroxyl groups is 1. The fourth-order valence-electron chi connectivity index (χ4n) is 4.98. The van der Waals surface area contributed by atoms with E-state index in [1.54, 1.807) is 37.3 Å². The molecule has 0 aliphatic carbocycles. The lowest BCUT2D eigenvalue weighted by Gasteiger charge is -2.30. The summed E-state index contributed by atoms with van der Waals surface area (Å²) in [6, 6.07) is 14.1. The average Bonchev–Trinajstić information content (AvgIpc) is 3.29. The Morgan fingerprint density at radius 2 is 1.76 bits per heavy atom. The van der Waals surface area contributed by atoms with Crippen molar-refractivity contribution in [3.05, 3.63) is 100 Å². The second kappa shape index (κ2) is 12.6. The highest BCUT2D eigenvalue weighted by Crippen LogP contribution is 2.33. The smallest absolute Gasteiger partial charge is 0.267 e. The van der Waals surface area contributed by atoms with Gasteiger partial charge >= 0.3 is 0 Å². The van der Waals surface area contributed by atoms with Crippen molar-refractivity contribution in [2.75, 3.05) is 6.54 Å². The van der Waals surface area contributed by atoms with E-state index in [9.17, 15) is 37.8 Å². The molecule has 1 aliphatic rings. The van der Waals surface area contributed by atoms with Gasteiger partial charge in [-0.15, -0.1) is 0 Å². The number of aryl methyl sites for hydroxylation is 1. The van der Waals surface area contributed by atoms with Gasteiger partial charge in [0.25, 0.3) is 17.7 Å². The molecule has 1 heterocycles. The third-order valence-corrected chi connectivity index (χ3v) is 7.42. The van der Waals surface area contributed by atoms with Crippen molar-refractivity contribution >= 4 is 17.7 Å². The summed E-state index contributed by atoms with van der Waals surface area (Å²) in [6.45, 7) is 1.98. The van der Waals surface area contributed by atoms with E-state index in [2.05, 4.69) is 10.6 Å². The van der Waals surface area contributed by atoms with E-state index >= 15 is 0 Å². The van der Waals surface area contributed by atoms with E-state index in [0.29, 0.717) is 21.6 Å². The molecule has 3 aromatic rings. The van der Waals surface area contributed by atoms with Crippen molar-refractivity contribution in [1.29, 1.82) is 0 Å². The van der Waals surface area contributed by atoms with Crippen LogP contribution < -0.4 is 10.6 Å². The zero-order chi connectivity index (χ0) is 30.6. The van der Waals surface area contributed by atoms with Crippen molar-refractivity contribution in [2.24, 2.45) is 0 Å². The number of aromatic hydroxyl groups is 1. The molecule has 0 radical (unpaired) electrons. The van der Waals surface area contributed by atoms with Gasteiger partial charge in [-0.05, 0) is 61.2 Å². The van der Waals surface area contributed by atoms with Crippen LogP contribution in [0.25, 0.3) is 0 Å². The van der Waals surface area contributed by atoms with Crippen LogP contribution in [-0.2, 0) is 22.6 Å². The summed E-state index contributed by atoms with van der Waals surface area (Å²) in [4.78, 5) is 40.3. The third-order valence-electron chi connectivity index (χ3n) is 7.42. The molecule has 0 spiro atoms. The Kier molecular flexibility index (Phi) is 9.20. The molecule has 1 unspecified atom stereocenters. The second-order valence-corrected chi connectivity index (χ2v) is 10.5. The average molecular weight is 584 g/mol. The number of hydrogen-bond acceptors (Lipinski definition) is 5. The molecule has 4 rings (SSSR count). The minimum absolute atomic E-state index is 0.0305. The van der Waals surface area contributed by atoms with Gasteiger partial charge < -0.3 is 25.7 Å². The molecule has 1 fully saturated rings. The Hall–Kier alpha value is -4.38. The van der Waals surface area contributed by atoms with E-state index in [4.69, 9.17) is 0 Å². The third kappa shape index (κ3) is 7.09. The molecule has 0 bridgehead atoms. The number of hydrogen-bond donors (Lipinski definition) is 4. The van der Waals surface area contributed by atoms with Crippen LogP contribution >= 0.6 is 0 Å². The Morgan fingerprint density at radius 1 is 1.05 bits per heavy atom. The molecule has 0 aromatic heterocycles. The number of rotatable bonds is 9. The SMILES string of the molecule is Cc1ccc(F)cc1CNC(=O)[C@@H]1CC(F)(F)CN1C(=O)[C@@H](O)C(Cc1ccccc1)NC(=O)c1cccc(O)c1C. The molecule has 42 heavy (non-hydrogen) atoms. The van der Waals surface area contributed by atoms with Gasteiger partial charge in [-0.25, -0.2) is 13.2 Å². The largest absolute Gasteiger partial charge is 0.508 e. The highest BCUT2D eigenvalue weighted by atomic mass is 19.3. The van der Waals surface area contributed by atoms with Crippen LogP contribution in [0.3, 0.4) is 0 Å². The molecule has 0 saturated carbocycles. The van der Waals surface area contributed by atoms with Crippen LogP contribution in [0.2, 0.25) is 0 Å². The van der Waals surface area contributed by atoms with Gasteiger partial charge in [0.15, 0.2) is 6.10 Å². The highest BCUT2D eigenvalue weighted by Gasteiger charge is 2.51. The van der Waals surface area contributed by atoms with Crippen molar-refractivity contribution in [2.45, 2.75) is 57.3 Å². The topological polar surface area (TPSA) is 119 Å². The lowest BCUT2D eigenvalue weighted by atomic mass is 9.98. The zero-order valence-corrected chi connectivity index (χ0v) is 23.1. The Bertz CT molecular complexity index is 1470. The van der Waals surface area contributed by atoms with E-state index in [1.807, 2.05) is 0 Å². The van der Waals surface area contributed by atoms with E-state index in [0.717, 1.165) is 0 Å². The van der Waals surface area contributed by atoms with Gasteiger partial charge in [0.1, 0.15) is 17.6 Å². The second-order valence-electron chi connectivity index (χ2n) is 10.5. The highest BCUT2D eigenvalue weighted by molar-refractivity contribution is 5.97. The number of amides is 3. The van der Waals surface area contributed by atoms with Crippen LogP contribution in [0.15, 0.2) is 66.7 Å². The standard InChI is InChI=1S/C31H32F3N3O5/c1-18-11-12-22(32)14-21(18)16-35-29(41)25-15-31(33,34)17-37(25)30(42)27(39)24(13-20-7-4-3-5-8-20)36-28(40)23-9-6-10-26(38)19(23)2/h3-12,14,24-25,27,38-39H,13,15-17H2,1-2H3,(H,35,41)(H,36,40)/t24?,25-,27-/m0/s1. The summed E-state index contributed by atoms with van der Waals surface area (Å²) in [5, 5.41) is 26.3. The summed E-state index contributed by atoms with van der Waals surface area (Å²) < 4.78 is 42.8. The first kappa shape index (κ1) is 30.6. The minimum atomic E-state index is -3.40. The summed E-state index contributed by atoms with van der Waals surface area (Å²) in [7, 11) is 0. The Morgan fingerprint density at radius 3 is 2.48 bits per heavy atom. The molecule has 1 saturated heterocycles. The molecule has 11 heteroatoms. The summed E-state index contributed by atoms with van der Waals surface area (Å²) in [5.74, 6) is -6.77. The number of likely N-dealkylation sites (tertiary alicyclic amines) is 1. The molecular weight excluding hydrogens is 551 g/mol.